The third-order valence-electron chi connectivity index (χ3n) is 4.16. The number of para-hydroxylation sites is 2. The van der Waals surface area contributed by atoms with Gasteiger partial charge in [-0.25, -0.2) is 0 Å². The maximum Gasteiger partial charge on any atom is 0.255 e. The van der Waals surface area contributed by atoms with Crippen LogP contribution < -0.4 is 21.3 Å². The number of rotatable bonds is 5. The average Bonchev–Trinajstić information content (AvgIpc) is 2.75. The number of nitrogens with two attached hydrogens (primary N) is 1. The summed E-state index contributed by atoms with van der Waals surface area (Å²) in [4.78, 5) is 24.6. The van der Waals surface area contributed by atoms with E-state index in [1.807, 2.05) is 67.5 Å². The molecule has 0 atom stereocenters. The summed E-state index contributed by atoms with van der Waals surface area (Å²) >= 11 is 0. The van der Waals surface area contributed by atoms with E-state index >= 15 is 0 Å². The molecule has 0 saturated heterocycles. The second-order valence-corrected chi connectivity index (χ2v) is 6.48. The second kappa shape index (κ2) is 10.5. The number of anilines is 4. The molecule has 0 fully saturated rings. The van der Waals surface area contributed by atoms with Crippen molar-refractivity contribution >= 4 is 34.9 Å². The maximum atomic E-state index is 12.1. The van der Waals surface area contributed by atoms with Crippen molar-refractivity contribution in [3.8, 4) is 0 Å². The lowest BCUT2D eigenvalue weighted by Crippen LogP contribution is -2.13. The van der Waals surface area contributed by atoms with E-state index in [0.29, 0.717) is 11.1 Å². The van der Waals surface area contributed by atoms with Gasteiger partial charge in [0, 0.05) is 43.6 Å². The first-order valence-corrected chi connectivity index (χ1v) is 9.11. The molecule has 0 aliphatic carbocycles. The highest BCUT2D eigenvalue weighted by Gasteiger charge is 2.08. The minimum atomic E-state index is -0.208. The lowest BCUT2D eigenvalue weighted by atomic mass is 10.1. The fourth-order valence-electron chi connectivity index (χ4n) is 2.49. The molecule has 0 aromatic heterocycles. The van der Waals surface area contributed by atoms with Gasteiger partial charge >= 0.3 is 0 Å². The van der Waals surface area contributed by atoms with Crippen molar-refractivity contribution in [2.45, 2.75) is 0 Å². The van der Waals surface area contributed by atoms with Gasteiger partial charge in [-0.3, -0.25) is 9.59 Å². The zero-order valence-corrected chi connectivity index (χ0v) is 16.8. The lowest BCUT2D eigenvalue weighted by molar-refractivity contribution is 0.102. The lowest BCUT2D eigenvalue weighted by Gasteiger charge is -2.11. The Labute approximate surface area is 171 Å². The van der Waals surface area contributed by atoms with Gasteiger partial charge in [-0.1, -0.05) is 24.3 Å². The number of nitrogens with zero attached hydrogens (tertiary/aromatic N) is 1. The summed E-state index contributed by atoms with van der Waals surface area (Å²) in [6.07, 6.45) is 0.748. The molecule has 0 bridgehead atoms. The van der Waals surface area contributed by atoms with Gasteiger partial charge in [-0.2, -0.15) is 0 Å². The molecule has 6 nitrogen and oxygen atoms in total. The van der Waals surface area contributed by atoms with E-state index in [1.54, 1.807) is 31.3 Å². The summed E-state index contributed by atoms with van der Waals surface area (Å²) in [6.45, 7) is 0. The Kier molecular flexibility index (Phi) is 7.79. The molecule has 3 rings (SSSR count). The first-order valence-electron chi connectivity index (χ1n) is 9.11. The largest absolute Gasteiger partial charge is 0.399 e. The Hall–Kier alpha value is -3.80. The van der Waals surface area contributed by atoms with Gasteiger partial charge in [-0.05, 0) is 48.5 Å². The Bertz CT molecular complexity index is 936. The highest BCUT2D eigenvalue weighted by molar-refractivity contribution is 6.06. The molecule has 0 unspecified atom stereocenters. The molecule has 0 aliphatic rings. The highest BCUT2D eigenvalue weighted by atomic mass is 16.1. The van der Waals surface area contributed by atoms with Gasteiger partial charge < -0.3 is 21.3 Å². The molecule has 0 heterocycles. The van der Waals surface area contributed by atoms with Gasteiger partial charge in [-0.15, -0.1) is 0 Å². The topological polar surface area (TPSA) is 87.5 Å². The van der Waals surface area contributed by atoms with Crippen molar-refractivity contribution in [2.75, 3.05) is 42.4 Å². The zero-order valence-electron chi connectivity index (χ0n) is 16.8. The standard InChI is InChI=1S/C15H14N2O2.C8H12N2/c1-16-13-4-2-3-5-14(13)17-15(19)12-8-6-11(10-18)7-9-12;1-10(2)8-5-3-7(9)4-6-8/h2-10,16H,1H3,(H,17,19);3-6H,9H2,1-2H3. The van der Waals surface area contributed by atoms with Crippen LogP contribution in [0.3, 0.4) is 0 Å². The third kappa shape index (κ3) is 6.39. The molecule has 29 heavy (non-hydrogen) atoms. The molecule has 0 spiro atoms. The Morgan fingerprint density at radius 1 is 0.897 bits per heavy atom. The molecule has 3 aromatic rings. The minimum absolute atomic E-state index is 0.208. The van der Waals surface area contributed by atoms with Gasteiger partial charge in [0.15, 0.2) is 0 Å². The summed E-state index contributed by atoms with van der Waals surface area (Å²) in [6, 6.07) is 21.7. The summed E-state index contributed by atoms with van der Waals surface area (Å²) in [5.41, 5.74) is 10.1. The van der Waals surface area contributed by atoms with Gasteiger partial charge in [0.1, 0.15) is 6.29 Å². The number of carbonyl (C=O) groups is 2. The van der Waals surface area contributed by atoms with Crippen LogP contribution in [-0.2, 0) is 0 Å². The van der Waals surface area contributed by atoms with E-state index < -0.39 is 0 Å². The first kappa shape index (κ1) is 21.5. The summed E-state index contributed by atoms with van der Waals surface area (Å²) in [5.74, 6) is -0.208. The van der Waals surface area contributed by atoms with E-state index in [0.717, 1.165) is 23.3 Å². The Balaban J connectivity index is 0.000000253. The fraction of sp³-hybridized carbons (Fsp3) is 0.130. The number of nitrogens with one attached hydrogen (secondary N) is 2. The van der Waals surface area contributed by atoms with Gasteiger partial charge in [0.05, 0.1) is 11.4 Å². The molecule has 6 heteroatoms. The second-order valence-electron chi connectivity index (χ2n) is 6.48. The van der Waals surface area contributed by atoms with Crippen LogP contribution in [0.25, 0.3) is 0 Å². The fourth-order valence-corrected chi connectivity index (χ4v) is 2.49. The Morgan fingerprint density at radius 2 is 1.48 bits per heavy atom. The third-order valence-corrected chi connectivity index (χ3v) is 4.16. The number of hydrogen-bond donors (Lipinski definition) is 3. The predicted octanol–water partition coefficient (Wildman–Crippen LogP) is 4.13. The molecule has 4 N–H and O–H groups in total. The average molecular weight is 390 g/mol. The maximum absolute atomic E-state index is 12.1. The van der Waals surface area contributed by atoms with E-state index in [4.69, 9.17) is 5.73 Å². The van der Waals surface area contributed by atoms with Crippen LogP contribution in [0.4, 0.5) is 22.7 Å². The van der Waals surface area contributed by atoms with Crippen LogP contribution in [-0.4, -0.2) is 33.3 Å². The summed E-state index contributed by atoms with van der Waals surface area (Å²) in [7, 11) is 5.81. The normalized spacial score (nSPS) is 9.62. The van der Waals surface area contributed by atoms with Crippen molar-refractivity contribution in [1.29, 1.82) is 0 Å². The van der Waals surface area contributed by atoms with E-state index in [9.17, 15) is 9.59 Å². The summed E-state index contributed by atoms with van der Waals surface area (Å²) in [5, 5.41) is 5.84. The molecule has 1 amide bonds. The van der Waals surface area contributed by atoms with E-state index in [1.165, 1.54) is 5.69 Å². The van der Waals surface area contributed by atoms with E-state index in [-0.39, 0.29) is 5.91 Å². The van der Waals surface area contributed by atoms with Gasteiger partial charge in [0.25, 0.3) is 5.91 Å². The number of hydrogen-bond acceptors (Lipinski definition) is 5. The van der Waals surface area contributed by atoms with Crippen LogP contribution in [0.1, 0.15) is 20.7 Å². The van der Waals surface area contributed by atoms with Crippen LogP contribution in [0.2, 0.25) is 0 Å². The van der Waals surface area contributed by atoms with E-state index in [2.05, 4.69) is 10.6 Å². The van der Waals surface area contributed by atoms with Crippen molar-refractivity contribution in [2.24, 2.45) is 0 Å². The molecular weight excluding hydrogens is 364 g/mol. The van der Waals surface area contributed by atoms with Crippen LogP contribution in [0, 0.1) is 0 Å². The minimum Gasteiger partial charge on any atom is -0.399 e. The SMILES string of the molecule is CN(C)c1ccc(N)cc1.CNc1ccccc1NC(=O)c1ccc(C=O)cc1. The predicted molar refractivity (Wildman–Crippen MR) is 121 cm³/mol. The van der Waals surface area contributed by atoms with Crippen molar-refractivity contribution in [1.82, 2.24) is 0 Å². The van der Waals surface area contributed by atoms with Crippen LogP contribution in [0.5, 0.6) is 0 Å². The van der Waals surface area contributed by atoms with Crippen LogP contribution >= 0.6 is 0 Å². The van der Waals surface area contributed by atoms with Gasteiger partial charge in [0.2, 0.25) is 0 Å². The number of aldehydes is 1. The van der Waals surface area contributed by atoms with Crippen molar-refractivity contribution in [3.63, 3.8) is 0 Å². The van der Waals surface area contributed by atoms with Crippen molar-refractivity contribution < 1.29 is 9.59 Å². The molecule has 150 valence electrons. The zero-order chi connectivity index (χ0) is 21.2. The smallest absolute Gasteiger partial charge is 0.255 e. The molecule has 0 radical (unpaired) electrons. The van der Waals surface area contributed by atoms with Crippen LogP contribution in [0.15, 0.2) is 72.8 Å². The number of nitrogen functional groups attached to an aromatic ring is 1. The summed E-state index contributed by atoms with van der Waals surface area (Å²) < 4.78 is 0. The number of benzene rings is 3. The highest BCUT2D eigenvalue weighted by Crippen LogP contribution is 2.21. The Morgan fingerprint density at radius 3 is 2.00 bits per heavy atom. The van der Waals surface area contributed by atoms with Crippen molar-refractivity contribution in [3.05, 3.63) is 83.9 Å². The molecular formula is C23H26N4O2. The molecule has 0 saturated carbocycles. The monoisotopic (exact) mass is 390 g/mol. The molecule has 0 aliphatic heterocycles. The number of carbonyl (C=O) groups excluding carboxylic acids is 2. The molecule has 3 aromatic carbocycles. The number of amides is 1. The quantitative estimate of drug-likeness (QED) is 0.450. The first-order chi connectivity index (χ1) is 13.9.